The van der Waals surface area contributed by atoms with Crippen molar-refractivity contribution in [1.29, 1.82) is 0 Å². The molecule has 0 saturated heterocycles. The maximum absolute atomic E-state index is 6.41. The minimum atomic E-state index is 0.0117. The Morgan fingerprint density at radius 3 is 2.47 bits per heavy atom. The summed E-state index contributed by atoms with van der Waals surface area (Å²) in [6, 6.07) is 25.2. The molecule has 0 fully saturated rings. The second kappa shape index (κ2) is 6.83. The van der Waals surface area contributed by atoms with E-state index in [1.54, 1.807) is 6.26 Å². The number of fused-ring (bicyclic) bond motifs is 3. The van der Waals surface area contributed by atoms with Crippen LogP contribution in [0.5, 0.6) is 0 Å². The first kappa shape index (κ1) is 18.9. The van der Waals surface area contributed by atoms with E-state index in [0.29, 0.717) is 0 Å². The number of benzene rings is 3. The summed E-state index contributed by atoms with van der Waals surface area (Å²) in [6.07, 6.45) is 3.57. The lowest BCUT2D eigenvalue weighted by Crippen LogP contribution is -2.12. The van der Waals surface area contributed by atoms with Gasteiger partial charge >= 0.3 is 0 Å². The van der Waals surface area contributed by atoms with Gasteiger partial charge in [0.2, 0.25) is 0 Å². The molecular weight excluding hydrogens is 394 g/mol. The van der Waals surface area contributed by atoms with Crippen LogP contribution in [0.4, 0.5) is 0 Å². The van der Waals surface area contributed by atoms with Crippen molar-refractivity contribution in [1.82, 2.24) is 4.98 Å². The first-order chi connectivity index (χ1) is 15.5. The fourth-order valence-corrected chi connectivity index (χ4v) is 4.50. The summed E-state index contributed by atoms with van der Waals surface area (Å²) >= 11 is 0. The van der Waals surface area contributed by atoms with Crippen LogP contribution in [0.3, 0.4) is 0 Å². The SMILES string of the molecule is CC(C)(C)c1cc(-c2nccc3cc(-c4ccc5occc5c4)oc23)cc2ccccc12. The van der Waals surface area contributed by atoms with Gasteiger partial charge in [-0.15, -0.1) is 0 Å². The van der Waals surface area contributed by atoms with E-state index >= 15 is 0 Å². The lowest BCUT2D eigenvalue weighted by atomic mass is 9.82. The molecule has 6 aromatic rings. The average Bonchev–Trinajstić information content (AvgIpc) is 3.43. The van der Waals surface area contributed by atoms with Crippen LogP contribution >= 0.6 is 0 Å². The summed E-state index contributed by atoms with van der Waals surface area (Å²) < 4.78 is 11.9. The summed E-state index contributed by atoms with van der Waals surface area (Å²) in [7, 11) is 0. The van der Waals surface area contributed by atoms with Gasteiger partial charge in [0.05, 0.1) is 6.26 Å². The van der Waals surface area contributed by atoms with Crippen molar-refractivity contribution in [3.8, 4) is 22.6 Å². The van der Waals surface area contributed by atoms with Gasteiger partial charge in [-0.2, -0.15) is 0 Å². The molecular formula is C29H23NO2. The average molecular weight is 418 g/mol. The number of hydrogen-bond acceptors (Lipinski definition) is 3. The zero-order valence-corrected chi connectivity index (χ0v) is 18.3. The summed E-state index contributed by atoms with van der Waals surface area (Å²) in [5, 5.41) is 4.60. The van der Waals surface area contributed by atoms with Crippen LogP contribution in [0.1, 0.15) is 26.3 Å². The Hall–Kier alpha value is -3.85. The molecule has 0 N–H and O–H groups in total. The standard InChI is InChI=1S/C29H23NO2/c1-29(2,3)24-16-22(14-18-6-4-5-7-23(18)24)27-28-21(10-12-30-27)17-26(32-28)19-8-9-25-20(15-19)11-13-31-25/h4-17H,1-3H3. The molecule has 0 atom stereocenters. The molecule has 32 heavy (non-hydrogen) atoms. The molecule has 156 valence electrons. The van der Waals surface area contributed by atoms with Crippen LogP contribution < -0.4 is 0 Å². The van der Waals surface area contributed by atoms with Crippen LogP contribution in [0.2, 0.25) is 0 Å². The molecule has 0 amide bonds. The summed E-state index contributed by atoms with van der Waals surface area (Å²) in [4.78, 5) is 4.75. The third-order valence-electron chi connectivity index (χ3n) is 6.11. The van der Waals surface area contributed by atoms with Crippen molar-refractivity contribution >= 4 is 32.7 Å². The van der Waals surface area contributed by atoms with Gasteiger partial charge < -0.3 is 8.83 Å². The van der Waals surface area contributed by atoms with Crippen molar-refractivity contribution in [2.45, 2.75) is 26.2 Å². The molecule has 6 rings (SSSR count). The Morgan fingerprint density at radius 2 is 1.59 bits per heavy atom. The van der Waals surface area contributed by atoms with Crippen LogP contribution in [-0.2, 0) is 5.41 Å². The smallest absolute Gasteiger partial charge is 0.161 e. The van der Waals surface area contributed by atoms with Gasteiger partial charge in [-0.05, 0) is 70.3 Å². The molecule has 0 spiro atoms. The molecule has 3 aromatic carbocycles. The van der Waals surface area contributed by atoms with Crippen molar-refractivity contribution in [2.24, 2.45) is 0 Å². The van der Waals surface area contributed by atoms with E-state index in [0.717, 1.165) is 44.5 Å². The number of furan rings is 2. The molecule has 3 aromatic heterocycles. The molecule has 0 aliphatic heterocycles. The Bertz CT molecular complexity index is 1610. The van der Waals surface area contributed by atoms with E-state index in [-0.39, 0.29) is 5.41 Å². The maximum Gasteiger partial charge on any atom is 0.161 e. The lowest BCUT2D eigenvalue weighted by Gasteiger charge is -2.22. The van der Waals surface area contributed by atoms with Crippen molar-refractivity contribution in [2.75, 3.05) is 0 Å². The van der Waals surface area contributed by atoms with Gasteiger partial charge in [-0.25, -0.2) is 0 Å². The monoisotopic (exact) mass is 417 g/mol. The van der Waals surface area contributed by atoms with E-state index in [9.17, 15) is 0 Å². The molecule has 0 bridgehead atoms. The zero-order chi connectivity index (χ0) is 21.9. The Kier molecular flexibility index (Phi) is 4.03. The fourth-order valence-electron chi connectivity index (χ4n) is 4.50. The van der Waals surface area contributed by atoms with E-state index in [4.69, 9.17) is 13.8 Å². The third-order valence-corrected chi connectivity index (χ3v) is 6.11. The quantitative estimate of drug-likeness (QED) is 0.284. The molecule has 0 saturated carbocycles. The van der Waals surface area contributed by atoms with Crippen LogP contribution in [0.15, 0.2) is 94.1 Å². The molecule has 3 heteroatoms. The largest absolute Gasteiger partial charge is 0.464 e. The Labute approximate surface area is 186 Å². The highest BCUT2D eigenvalue weighted by Crippen LogP contribution is 2.38. The number of aromatic nitrogens is 1. The fraction of sp³-hybridized carbons (Fsp3) is 0.138. The second-order valence-corrected chi connectivity index (χ2v) is 9.36. The highest BCUT2D eigenvalue weighted by molar-refractivity contribution is 5.97. The first-order valence-electron chi connectivity index (χ1n) is 10.9. The highest BCUT2D eigenvalue weighted by Gasteiger charge is 2.20. The van der Waals surface area contributed by atoms with Gasteiger partial charge in [0.1, 0.15) is 17.0 Å². The summed E-state index contributed by atoms with van der Waals surface area (Å²) in [5.74, 6) is 0.828. The number of hydrogen-bond donors (Lipinski definition) is 0. The van der Waals surface area contributed by atoms with Crippen molar-refractivity contribution < 1.29 is 8.83 Å². The molecule has 0 unspecified atom stereocenters. The second-order valence-electron chi connectivity index (χ2n) is 9.36. The van der Waals surface area contributed by atoms with Crippen molar-refractivity contribution in [3.63, 3.8) is 0 Å². The Balaban J connectivity index is 1.56. The summed E-state index contributed by atoms with van der Waals surface area (Å²) in [5.41, 5.74) is 5.97. The van der Waals surface area contributed by atoms with Crippen molar-refractivity contribution in [3.05, 3.63) is 90.8 Å². The topological polar surface area (TPSA) is 39.2 Å². The maximum atomic E-state index is 6.41. The zero-order valence-electron chi connectivity index (χ0n) is 18.3. The predicted molar refractivity (Wildman–Crippen MR) is 131 cm³/mol. The van der Waals surface area contributed by atoms with Gasteiger partial charge in [-0.3, -0.25) is 4.98 Å². The first-order valence-corrected chi connectivity index (χ1v) is 10.9. The lowest BCUT2D eigenvalue weighted by molar-refractivity contribution is 0.596. The minimum absolute atomic E-state index is 0.0117. The van der Waals surface area contributed by atoms with E-state index in [1.807, 2.05) is 30.5 Å². The van der Waals surface area contributed by atoms with Crippen LogP contribution in [0.25, 0.3) is 55.3 Å². The number of nitrogens with zero attached hydrogens (tertiary/aromatic N) is 1. The van der Waals surface area contributed by atoms with E-state index < -0.39 is 0 Å². The summed E-state index contributed by atoms with van der Waals surface area (Å²) in [6.45, 7) is 6.76. The molecule has 0 aliphatic carbocycles. The van der Waals surface area contributed by atoms with E-state index in [2.05, 4.69) is 69.3 Å². The number of pyridine rings is 1. The molecule has 0 radical (unpaired) electrons. The Morgan fingerprint density at radius 1 is 0.750 bits per heavy atom. The van der Waals surface area contributed by atoms with Gasteiger partial charge in [0.15, 0.2) is 5.58 Å². The number of rotatable bonds is 2. The van der Waals surface area contributed by atoms with Gasteiger partial charge in [0.25, 0.3) is 0 Å². The highest BCUT2D eigenvalue weighted by atomic mass is 16.3. The third kappa shape index (κ3) is 3.01. The minimum Gasteiger partial charge on any atom is -0.464 e. The predicted octanol–water partition coefficient (Wildman–Crippen LogP) is 8.36. The van der Waals surface area contributed by atoms with Gasteiger partial charge in [0, 0.05) is 28.1 Å². The molecule has 3 heterocycles. The van der Waals surface area contributed by atoms with Crippen LogP contribution in [-0.4, -0.2) is 4.98 Å². The van der Waals surface area contributed by atoms with Gasteiger partial charge in [-0.1, -0.05) is 45.0 Å². The molecule has 3 nitrogen and oxygen atoms in total. The van der Waals surface area contributed by atoms with E-state index in [1.165, 1.54) is 16.3 Å². The van der Waals surface area contributed by atoms with Crippen LogP contribution in [0, 0.1) is 0 Å². The normalized spacial score (nSPS) is 12.2. The molecule has 0 aliphatic rings.